The number of rotatable bonds is 5. The van der Waals surface area contributed by atoms with Gasteiger partial charge < -0.3 is 0 Å². The molecule has 1 unspecified atom stereocenters. The van der Waals surface area contributed by atoms with E-state index < -0.39 is 8.80 Å². The van der Waals surface area contributed by atoms with Crippen LogP contribution < -0.4 is 5.19 Å². The predicted molar refractivity (Wildman–Crippen MR) is 93.0 cm³/mol. The van der Waals surface area contributed by atoms with Crippen LogP contribution in [0.25, 0.3) is 11.1 Å². The van der Waals surface area contributed by atoms with E-state index in [0.29, 0.717) is 0 Å². The number of benzene rings is 2. The van der Waals surface area contributed by atoms with Crippen LogP contribution in [0, 0.1) is 0 Å². The summed E-state index contributed by atoms with van der Waals surface area (Å²) >= 11 is 0. The summed E-state index contributed by atoms with van der Waals surface area (Å²) in [5.41, 5.74) is 5.35. The third kappa shape index (κ3) is 3.92. The Morgan fingerprint density at radius 1 is 0.947 bits per heavy atom. The van der Waals surface area contributed by atoms with Crippen LogP contribution >= 0.6 is 0 Å². The van der Waals surface area contributed by atoms with E-state index in [1.807, 2.05) is 0 Å². The second kappa shape index (κ2) is 6.87. The van der Waals surface area contributed by atoms with Crippen LogP contribution in [-0.4, -0.2) is 18.3 Å². The zero-order valence-corrected chi connectivity index (χ0v) is 14.8. The largest absolute Gasteiger partial charge is 0.0682 e. The van der Waals surface area contributed by atoms with Gasteiger partial charge in [0.25, 0.3) is 0 Å². The summed E-state index contributed by atoms with van der Waals surface area (Å²) < 4.78 is 0. The first kappa shape index (κ1) is 14.3. The Balaban J connectivity index is 2.26. The molecule has 0 N–H and O–H groups in total. The van der Waals surface area contributed by atoms with Gasteiger partial charge in [-0.25, -0.2) is 0 Å². The molecule has 0 heterocycles. The molecule has 0 radical (unpaired) electrons. The highest BCUT2D eigenvalue weighted by Gasteiger charge is 2.13. The molecule has 1 atom stereocenters. The molecule has 0 bridgehead atoms. The van der Waals surface area contributed by atoms with E-state index in [0.717, 1.165) is 5.54 Å². The molecule has 0 saturated heterocycles. The fraction of sp³-hybridized carbons (Fsp3) is 0.294. The highest BCUT2D eigenvalue weighted by atomic mass is 28.3. The number of hydrogen-bond donors (Lipinski definition) is 0. The zero-order chi connectivity index (χ0) is 13.7. The lowest BCUT2D eigenvalue weighted by atomic mass is 10.1. The van der Waals surface area contributed by atoms with Crippen molar-refractivity contribution in [1.29, 1.82) is 0 Å². The average Bonchev–Trinajstić information content (AvgIpc) is 2.45. The maximum atomic E-state index is 2.52. The molecule has 0 nitrogen and oxygen atoms in total. The molecule has 0 spiro atoms. The van der Waals surface area contributed by atoms with Crippen LogP contribution in [0.4, 0.5) is 0 Å². The van der Waals surface area contributed by atoms with Gasteiger partial charge in [0.2, 0.25) is 0 Å². The van der Waals surface area contributed by atoms with Crippen molar-refractivity contribution in [1.82, 2.24) is 0 Å². The van der Waals surface area contributed by atoms with Crippen LogP contribution in [0.15, 0.2) is 54.6 Å². The van der Waals surface area contributed by atoms with Crippen LogP contribution in [0.2, 0.25) is 17.8 Å². The molecule has 2 heteroatoms. The highest BCUT2D eigenvalue weighted by Crippen LogP contribution is 2.18. The van der Waals surface area contributed by atoms with Gasteiger partial charge in [-0.1, -0.05) is 91.4 Å². The average molecular weight is 285 g/mol. The Hall–Kier alpha value is -1.13. The minimum atomic E-state index is -0.764. The first-order valence-corrected chi connectivity index (χ1v) is 11.7. The Bertz CT molecular complexity index is 506. The molecule has 2 aromatic carbocycles. The fourth-order valence-corrected chi connectivity index (χ4v) is 9.69. The summed E-state index contributed by atoms with van der Waals surface area (Å²) in [5, 5.41) is 1.65. The van der Waals surface area contributed by atoms with E-state index in [9.17, 15) is 0 Å². The Kier molecular flexibility index (Phi) is 5.17. The Morgan fingerprint density at radius 3 is 2.26 bits per heavy atom. The van der Waals surface area contributed by atoms with E-state index in [2.05, 4.69) is 75.0 Å². The van der Waals surface area contributed by atoms with Crippen molar-refractivity contribution >= 4 is 23.5 Å². The van der Waals surface area contributed by atoms with Gasteiger partial charge in [0.05, 0.1) is 8.80 Å². The van der Waals surface area contributed by atoms with Crippen LogP contribution in [-0.2, 0) is 0 Å². The van der Waals surface area contributed by atoms with Crippen LogP contribution in [0.1, 0.15) is 13.8 Å². The van der Waals surface area contributed by atoms with E-state index >= 15 is 0 Å². The molecule has 0 aromatic heterocycles. The zero-order valence-electron chi connectivity index (χ0n) is 12.3. The van der Waals surface area contributed by atoms with Gasteiger partial charge in [-0.2, -0.15) is 0 Å². The van der Waals surface area contributed by atoms with Crippen molar-refractivity contribution in [3.63, 3.8) is 0 Å². The van der Waals surface area contributed by atoms with E-state index in [4.69, 9.17) is 0 Å². The maximum absolute atomic E-state index is 2.52. The summed E-state index contributed by atoms with van der Waals surface area (Å²) in [6.45, 7) is 7.30. The third-order valence-corrected chi connectivity index (χ3v) is 11.3. The van der Waals surface area contributed by atoms with Gasteiger partial charge in [0.1, 0.15) is 0 Å². The van der Waals surface area contributed by atoms with E-state index in [1.54, 1.807) is 10.9 Å². The molecular weight excluding hydrogens is 260 g/mol. The lowest BCUT2D eigenvalue weighted by Crippen LogP contribution is -2.30. The van der Waals surface area contributed by atoms with Gasteiger partial charge in [0, 0.05) is 9.52 Å². The molecule has 0 amide bonds. The predicted octanol–water partition coefficient (Wildman–Crippen LogP) is 3.37. The summed E-state index contributed by atoms with van der Waals surface area (Å²) in [6.07, 6.45) is 0. The van der Waals surface area contributed by atoms with E-state index in [-0.39, 0.29) is 9.52 Å². The fourth-order valence-electron chi connectivity index (χ4n) is 2.55. The molecule has 19 heavy (non-hydrogen) atoms. The molecule has 0 fully saturated rings. The highest BCUT2D eigenvalue weighted by molar-refractivity contribution is 6.80. The summed E-state index contributed by atoms with van der Waals surface area (Å²) in [5.74, 6) is 0. The van der Waals surface area contributed by atoms with Crippen molar-refractivity contribution < 1.29 is 0 Å². The van der Waals surface area contributed by atoms with Gasteiger partial charge in [-0.3, -0.25) is 0 Å². The molecule has 2 aromatic rings. The third-order valence-electron chi connectivity index (χ3n) is 3.75. The molecule has 0 aliphatic rings. The molecule has 2 rings (SSSR count). The van der Waals surface area contributed by atoms with Gasteiger partial charge in [0.15, 0.2) is 0 Å². The SMILES string of the molecule is CC(C)[SiH2]C[SiH](C)c1ccccc1-c1ccccc1. The molecular formula is C17H24Si2. The van der Waals surface area contributed by atoms with Gasteiger partial charge in [-0.05, 0) is 11.1 Å². The maximum Gasteiger partial charge on any atom is 0.0655 e. The standard InChI is InChI=1S/C17H24Si2/c1-14(2)18-13-19(3)17-12-8-7-11-16(17)15-9-5-4-6-10-15/h4-12,14,19H,13,18H2,1-3H3. The minimum Gasteiger partial charge on any atom is -0.0682 e. The molecule has 0 aliphatic carbocycles. The second-order valence-electron chi connectivity index (χ2n) is 5.83. The van der Waals surface area contributed by atoms with Crippen LogP contribution in [0.5, 0.6) is 0 Å². The lowest BCUT2D eigenvalue weighted by Gasteiger charge is -2.16. The quantitative estimate of drug-likeness (QED) is 0.739. The Morgan fingerprint density at radius 2 is 1.58 bits per heavy atom. The summed E-state index contributed by atoms with van der Waals surface area (Å²) in [7, 11) is -0.643. The molecule has 0 saturated carbocycles. The van der Waals surface area contributed by atoms with E-state index in [1.165, 1.54) is 11.1 Å². The van der Waals surface area contributed by atoms with Crippen molar-refractivity contribution in [2.45, 2.75) is 31.6 Å². The first-order valence-electron chi connectivity index (χ1n) is 7.33. The van der Waals surface area contributed by atoms with Gasteiger partial charge in [-0.15, -0.1) is 0 Å². The molecule has 100 valence electrons. The smallest absolute Gasteiger partial charge is 0.0655 e. The monoisotopic (exact) mass is 284 g/mol. The van der Waals surface area contributed by atoms with Crippen molar-refractivity contribution in [2.75, 3.05) is 0 Å². The van der Waals surface area contributed by atoms with Crippen LogP contribution in [0.3, 0.4) is 0 Å². The second-order valence-corrected chi connectivity index (χ2v) is 12.8. The first-order chi connectivity index (χ1) is 9.18. The number of hydrogen-bond acceptors (Lipinski definition) is 0. The van der Waals surface area contributed by atoms with Crippen molar-refractivity contribution in [3.8, 4) is 11.1 Å². The van der Waals surface area contributed by atoms with Gasteiger partial charge >= 0.3 is 0 Å². The normalized spacial score (nSPS) is 13.3. The summed E-state index contributed by atoms with van der Waals surface area (Å²) in [4.78, 5) is 0. The van der Waals surface area contributed by atoms with Crippen molar-refractivity contribution in [2.24, 2.45) is 0 Å². The van der Waals surface area contributed by atoms with Crippen molar-refractivity contribution in [3.05, 3.63) is 54.6 Å². The Labute approximate surface area is 121 Å². The minimum absolute atomic E-state index is 0.121. The topological polar surface area (TPSA) is 0 Å². The lowest BCUT2D eigenvalue weighted by molar-refractivity contribution is 1.06. The molecule has 0 aliphatic heterocycles. The summed E-state index contributed by atoms with van der Waals surface area (Å²) in [6, 6.07) is 19.9.